The summed E-state index contributed by atoms with van der Waals surface area (Å²) in [7, 11) is 1.87. The molecular weight excluding hydrogens is 174 g/mol. The van der Waals surface area contributed by atoms with Crippen molar-refractivity contribution in [3.05, 3.63) is 6.33 Å². The summed E-state index contributed by atoms with van der Waals surface area (Å²) in [6.07, 6.45) is 3.59. The molecule has 2 rings (SSSR count). The van der Waals surface area contributed by atoms with Crippen LogP contribution in [0.25, 0.3) is 11.3 Å². The van der Waals surface area contributed by atoms with Crippen LogP contribution in [0.4, 0.5) is 0 Å². The number of thioether (sulfide) groups is 1. The van der Waals surface area contributed by atoms with Gasteiger partial charge in [0.25, 0.3) is 0 Å². The SMILES string of the molecule is CSc1nnc2c(ncn2C)n1. The Kier molecular flexibility index (Phi) is 1.69. The predicted molar refractivity (Wildman–Crippen MR) is 45.9 cm³/mol. The van der Waals surface area contributed by atoms with Gasteiger partial charge in [0.05, 0.1) is 6.33 Å². The van der Waals surface area contributed by atoms with Crippen molar-refractivity contribution in [1.82, 2.24) is 24.7 Å². The second-order valence-electron chi connectivity index (χ2n) is 2.30. The van der Waals surface area contributed by atoms with E-state index in [4.69, 9.17) is 0 Å². The van der Waals surface area contributed by atoms with Crippen LogP contribution < -0.4 is 0 Å². The first kappa shape index (κ1) is 7.48. The Bertz CT molecular complexity index is 409. The highest BCUT2D eigenvalue weighted by Gasteiger charge is 2.03. The lowest BCUT2D eigenvalue weighted by molar-refractivity contribution is 0.843. The maximum atomic E-state index is 4.17. The van der Waals surface area contributed by atoms with E-state index in [1.165, 1.54) is 11.8 Å². The van der Waals surface area contributed by atoms with Gasteiger partial charge < -0.3 is 4.57 Å². The van der Waals surface area contributed by atoms with Gasteiger partial charge in [-0.2, -0.15) is 4.98 Å². The molecule has 0 unspecified atom stereocenters. The van der Waals surface area contributed by atoms with E-state index in [0.717, 1.165) is 0 Å². The van der Waals surface area contributed by atoms with Crippen LogP contribution in [0.5, 0.6) is 0 Å². The fourth-order valence-electron chi connectivity index (χ4n) is 0.895. The van der Waals surface area contributed by atoms with E-state index >= 15 is 0 Å². The lowest BCUT2D eigenvalue weighted by atomic mass is 10.7. The summed E-state index contributed by atoms with van der Waals surface area (Å²) in [6, 6.07) is 0. The highest BCUT2D eigenvalue weighted by molar-refractivity contribution is 7.98. The van der Waals surface area contributed by atoms with Crippen molar-refractivity contribution in [2.75, 3.05) is 6.26 Å². The fourth-order valence-corrected chi connectivity index (χ4v) is 1.20. The third-order valence-corrected chi connectivity index (χ3v) is 2.04. The van der Waals surface area contributed by atoms with Gasteiger partial charge in [0, 0.05) is 7.05 Å². The maximum absolute atomic E-state index is 4.17. The quantitative estimate of drug-likeness (QED) is 0.599. The number of imidazole rings is 1. The number of fused-ring (bicyclic) bond motifs is 1. The maximum Gasteiger partial charge on any atom is 0.210 e. The lowest BCUT2D eigenvalue weighted by Gasteiger charge is -1.92. The van der Waals surface area contributed by atoms with Crippen LogP contribution in [-0.2, 0) is 7.05 Å². The van der Waals surface area contributed by atoms with E-state index in [1.807, 2.05) is 13.3 Å². The summed E-state index contributed by atoms with van der Waals surface area (Å²) < 4.78 is 1.79. The number of rotatable bonds is 1. The van der Waals surface area contributed by atoms with Crippen molar-refractivity contribution in [3.63, 3.8) is 0 Å². The van der Waals surface area contributed by atoms with Crippen molar-refractivity contribution in [3.8, 4) is 0 Å². The Morgan fingerprint density at radius 2 is 2.25 bits per heavy atom. The van der Waals surface area contributed by atoms with Crippen LogP contribution in [0.15, 0.2) is 11.5 Å². The normalized spacial score (nSPS) is 10.8. The largest absolute Gasteiger partial charge is 0.316 e. The third-order valence-electron chi connectivity index (χ3n) is 1.50. The molecule has 0 bridgehead atoms. The molecule has 2 heterocycles. The molecule has 0 saturated heterocycles. The molecule has 0 fully saturated rings. The molecule has 0 spiro atoms. The Balaban J connectivity index is 2.69. The van der Waals surface area contributed by atoms with Crippen LogP contribution in [0.2, 0.25) is 0 Å². The number of hydrogen-bond donors (Lipinski definition) is 0. The smallest absolute Gasteiger partial charge is 0.210 e. The molecule has 0 N–H and O–H groups in total. The van der Waals surface area contributed by atoms with Gasteiger partial charge >= 0.3 is 0 Å². The summed E-state index contributed by atoms with van der Waals surface area (Å²) in [6.45, 7) is 0. The molecule has 12 heavy (non-hydrogen) atoms. The van der Waals surface area contributed by atoms with Gasteiger partial charge in [-0.25, -0.2) is 4.98 Å². The zero-order valence-electron chi connectivity index (χ0n) is 6.72. The van der Waals surface area contributed by atoms with Crippen molar-refractivity contribution in [2.45, 2.75) is 5.16 Å². The Morgan fingerprint density at radius 3 is 3.00 bits per heavy atom. The van der Waals surface area contributed by atoms with Crippen LogP contribution in [0.3, 0.4) is 0 Å². The predicted octanol–water partition coefficient (Wildman–Crippen LogP) is 0.480. The van der Waals surface area contributed by atoms with Crippen LogP contribution in [0, 0.1) is 0 Å². The Labute approximate surface area is 73.2 Å². The molecule has 6 heteroatoms. The minimum atomic E-state index is 0.650. The second kappa shape index (κ2) is 2.71. The van der Waals surface area contributed by atoms with Crippen molar-refractivity contribution in [1.29, 1.82) is 0 Å². The molecule has 0 atom stereocenters. The summed E-state index contributed by atoms with van der Waals surface area (Å²) >= 11 is 1.46. The van der Waals surface area contributed by atoms with E-state index in [-0.39, 0.29) is 0 Å². The second-order valence-corrected chi connectivity index (χ2v) is 3.07. The Hall–Kier alpha value is -1.17. The number of nitrogens with zero attached hydrogens (tertiary/aromatic N) is 5. The van der Waals surface area contributed by atoms with Crippen LogP contribution in [-0.4, -0.2) is 31.0 Å². The van der Waals surface area contributed by atoms with E-state index in [2.05, 4.69) is 20.2 Å². The number of aromatic nitrogens is 5. The van der Waals surface area contributed by atoms with E-state index < -0.39 is 0 Å². The molecule has 62 valence electrons. The van der Waals surface area contributed by atoms with Gasteiger partial charge in [0.1, 0.15) is 0 Å². The van der Waals surface area contributed by atoms with Gasteiger partial charge in [-0.15, -0.1) is 10.2 Å². The molecule has 2 aromatic rings. The van der Waals surface area contributed by atoms with Gasteiger partial charge in [-0.05, 0) is 6.26 Å². The van der Waals surface area contributed by atoms with Crippen molar-refractivity contribution >= 4 is 23.1 Å². The molecule has 0 amide bonds. The first-order valence-corrected chi connectivity index (χ1v) is 4.59. The van der Waals surface area contributed by atoms with Crippen molar-refractivity contribution in [2.24, 2.45) is 7.05 Å². The Morgan fingerprint density at radius 1 is 1.42 bits per heavy atom. The third kappa shape index (κ3) is 1.04. The molecule has 0 aliphatic rings. The first-order chi connectivity index (χ1) is 5.81. The fraction of sp³-hybridized carbons (Fsp3) is 0.333. The minimum Gasteiger partial charge on any atom is -0.316 e. The molecule has 0 aliphatic heterocycles. The standard InChI is InChI=1S/C6H7N5S/c1-11-3-7-4-5(11)9-10-6(8-4)12-2/h3H,1-2H3. The van der Waals surface area contributed by atoms with Crippen molar-refractivity contribution < 1.29 is 0 Å². The van der Waals surface area contributed by atoms with E-state index in [1.54, 1.807) is 10.9 Å². The summed E-state index contributed by atoms with van der Waals surface area (Å²) in [5.41, 5.74) is 1.37. The lowest BCUT2D eigenvalue weighted by Crippen LogP contribution is -1.94. The number of aryl methyl sites for hydroxylation is 1. The monoisotopic (exact) mass is 181 g/mol. The summed E-state index contributed by atoms with van der Waals surface area (Å²) in [5, 5.41) is 8.53. The topological polar surface area (TPSA) is 56.5 Å². The number of hydrogen-bond acceptors (Lipinski definition) is 5. The van der Waals surface area contributed by atoms with Gasteiger partial charge in [0.2, 0.25) is 16.5 Å². The molecular formula is C6H7N5S. The van der Waals surface area contributed by atoms with E-state index in [9.17, 15) is 0 Å². The average molecular weight is 181 g/mol. The molecule has 2 aromatic heterocycles. The first-order valence-electron chi connectivity index (χ1n) is 3.37. The zero-order chi connectivity index (χ0) is 8.55. The van der Waals surface area contributed by atoms with Crippen LogP contribution >= 0.6 is 11.8 Å². The van der Waals surface area contributed by atoms with Gasteiger partial charge in [-0.3, -0.25) is 0 Å². The van der Waals surface area contributed by atoms with E-state index in [0.29, 0.717) is 16.5 Å². The molecule has 0 saturated carbocycles. The zero-order valence-corrected chi connectivity index (χ0v) is 7.54. The average Bonchev–Trinajstić information content (AvgIpc) is 2.47. The highest BCUT2D eigenvalue weighted by atomic mass is 32.2. The molecule has 0 radical (unpaired) electrons. The van der Waals surface area contributed by atoms with Gasteiger partial charge in [0.15, 0.2) is 0 Å². The molecule has 5 nitrogen and oxygen atoms in total. The summed E-state index contributed by atoms with van der Waals surface area (Å²) in [5.74, 6) is 0. The van der Waals surface area contributed by atoms with Crippen LogP contribution in [0.1, 0.15) is 0 Å². The van der Waals surface area contributed by atoms with Gasteiger partial charge in [-0.1, -0.05) is 11.8 Å². The highest BCUT2D eigenvalue weighted by Crippen LogP contribution is 2.10. The summed E-state index contributed by atoms with van der Waals surface area (Å²) in [4.78, 5) is 8.23. The minimum absolute atomic E-state index is 0.650. The molecule has 0 aromatic carbocycles. The molecule has 0 aliphatic carbocycles.